The van der Waals surface area contributed by atoms with Gasteiger partial charge in [-0.05, 0) is 55.7 Å². The summed E-state index contributed by atoms with van der Waals surface area (Å²) in [6.45, 7) is 0. The number of hydrogen-bond acceptors (Lipinski definition) is 1. The Labute approximate surface area is 189 Å². The molecule has 146 valence electrons. The largest absolute Gasteiger partial charge is 0.293 e. The van der Waals surface area contributed by atoms with Crippen LogP contribution in [0.1, 0.15) is 0 Å². The Bertz CT molecular complexity index is 1600. The molecule has 0 unspecified atom stereocenters. The highest BCUT2D eigenvalue weighted by molar-refractivity contribution is 9.10. The summed E-state index contributed by atoms with van der Waals surface area (Å²) < 4.78 is 3.34. The van der Waals surface area contributed by atoms with Crippen molar-refractivity contribution in [3.05, 3.63) is 102 Å². The highest BCUT2D eigenvalue weighted by Gasteiger charge is 2.20. The van der Waals surface area contributed by atoms with Gasteiger partial charge in [0.05, 0.1) is 9.99 Å². The molecule has 0 aliphatic heterocycles. The fraction of sp³-hybridized carbons (Fsp3) is 0. The first-order valence-electron chi connectivity index (χ1n) is 10.4. The summed E-state index contributed by atoms with van der Waals surface area (Å²) in [5.41, 5.74) is 5.58. The molecule has 0 aliphatic carbocycles. The van der Waals surface area contributed by atoms with Crippen molar-refractivity contribution in [3.63, 3.8) is 0 Å². The van der Waals surface area contributed by atoms with Gasteiger partial charge in [-0.25, -0.2) is 4.98 Å². The number of halogens is 1. The van der Waals surface area contributed by atoms with Crippen LogP contribution in [0.5, 0.6) is 0 Å². The van der Waals surface area contributed by atoms with Crippen LogP contribution in [-0.2, 0) is 0 Å². The molecule has 31 heavy (non-hydrogen) atoms. The zero-order valence-corrected chi connectivity index (χ0v) is 18.6. The van der Waals surface area contributed by atoms with E-state index in [1.807, 2.05) is 0 Å². The lowest BCUT2D eigenvalue weighted by molar-refractivity contribution is 1.11. The van der Waals surface area contributed by atoms with E-state index >= 15 is 0 Å². The van der Waals surface area contributed by atoms with Crippen LogP contribution in [0.2, 0.25) is 0 Å². The highest BCUT2D eigenvalue weighted by Crippen LogP contribution is 2.36. The van der Waals surface area contributed by atoms with Gasteiger partial charge < -0.3 is 0 Å². The third-order valence-electron chi connectivity index (χ3n) is 6.03. The van der Waals surface area contributed by atoms with E-state index in [0.29, 0.717) is 0 Å². The molecule has 2 nitrogen and oxygen atoms in total. The van der Waals surface area contributed by atoms with Crippen LogP contribution in [0, 0.1) is 0 Å². The molecule has 1 aromatic heterocycles. The van der Waals surface area contributed by atoms with E-state index < -0.39 is 0 Å². The first-order chi connectivity index (χ1) is 15.2. The van der Waals surface area contributed by atoms with Crippen molar-refractivity contribution in [1.29, 1.82) is 0 Å². The monoisotopic (exact) mass is 460 g/mol. The van der Waals surface area contributed by atoms with Crippen molar-refractivity contribution in [2.45, 2.75) is 0 Å². The first-order valence-corrected chi connectivity index (χ1v) is 11.2. The number of hydrogen-bond donors (Lipinski definition) is 0. The van der Waals surface area contributed by atoms with E-state index in [4.69, 9.17) is 4.98 Å². The number of nitrogens with zero attached hydrogens (tertiary/aromatic N) is 2. The molecule has 0 N–H and O–H groups in total. The SMILES string of the molecule is Bc1c2ccccc2c(Br)c2nc(-c3ccc4ccccc4c3)n(-c3ccccc3)c12. The Morgan fingerprint density at radius 3 is 2.19 bits per heavy atom. The van der Waals surface area contributed by atoms with Crippen LogP contribution < -0.4 is 5.46 Å². The van der Waals surface area contributed by atoms with Crippen molar-refractivity contribution < 1.29 is 0 Å². The predicted octanol–water partition coefficient (Wildman–Crippen LogP) is 6.02. The van der Waals surface area contributed by atoms with Crippen LogP contribution in [0.4, 0.5) is 0 Å². The molecule has 0 saturated heterocycles. The van der Waals surface area contributed by atoms with Gasteiger partial charge in [0.1, 0.15) is 19.2 Å². The molecule has 0 bridgehead atoms. The van der Waals surface area contributed by atoms with Crippen LogP contribution in [0.3, 0.4) is 0 Å². The van der Waals surface area contributed by atoms with Crippen LogP contribution in [0.25, 0.3) is 49.7 Å². The Morgan fingerprint density at radius 1 is 0.710 bits per heavy atom. The van der Waals surface area contributed by atoms with Crippen LogP contribution in [0.15, 0.2) is 102 Å². The van der Waals surface area contributed by atoms with Gasteiger partial charge in [0.15, 0.2) is 0 Å². The van der Waals surface area contributed by atoms with Crippen LogP contribution >= 0.6 is 15.9 Å². The van der Waals surface area contributed by atoms with E-state index in [-0.39, 0.29) is 0 Å². The Balaban J connectivity index is 1.77. The van der Waals surface area contributed by atoms with Gasteiger partial charge in [0, 0.05) is 11.3 Å². The zero-order chi connectivity index (χ0) is 20.9. The molecule has 5 aromatic carbocycles. The average molecular weight is 461 g/mol. The summed E-state index contributed by atoms with van der Waals surface area (Å²) in [5, 5.41) is 4.88. The van der Waals surface area contributed by atoms with Gasteiger partial charge in [-0.1, -0.05) is 84.3 Å². The number of para-hydroxylation sites is 1. The minimum Gasteiger partial charge on any atom is -0.293 e. The number of rotatable bonds is 2. The van der Waals surface area contributed by atoms with Crippen molar-refractivity contribution >= 4 is 61.8 Å². The molecule has 6 aromatic rings. The molecule has 0 fully saturated rings. The topological polar surface area (TPSA) is 17.8 Å². The summed E-state index contributed by atoms with van der Waals surface area (Å²) in [7, 11) is 2.20. The van der Waals surface area contributed by atoms with Gasteiger partial charge in [-0.2, -0.15) is 0 Å². The lowest BCUT2D eigenvalue weighted by atomic mass is 9.88. The second-order valence-corrected chi connectivity index (χ2v) is 8.64. The number of imidazole rings is 1. The summed E-state index contributed by atoms with van der Waals surface area (Å²) in [6, 6.07) is 34.1. The lowest BCUT2D eigenvalue weighted by Crippen LogP contribution is -2.11. The van der Waals surface area contributed by atoms with E-state index in [1.165, 1.54) is 27.0 Å². The van der Waals surface area contributed by atoms with Gasteiger partial charge in [-0.3, -0.25) is 4.57 Å². The molecule has 0 aliphatic rings. The molecule has 0 radical (unpaired) electrons. The maximum Gasteiger partial charge on any atom is 0.145 e. The maximum absolute atomic E-state index is 5.19. The molecular formula is C27H18BBrN2. The van der Waals surface area contributed by atoms with E-state index in [1.54, 1.807) is 0 Å². The van der Waals surface area contributed by atoms with Crippen molar-refractivity contribution in [2.75, 3.05) is 0 Å². The Hall–Kier alpha value is -3.37. The molecule has 0 atom stereocenters. The Morgan fingerprint density at radius 2 is 1.39 bits per heavy atom. The van der Waals surface area contributed by atoms with Gasteiger partial charge in [0.25, 0.3) is 0 Å². The Kier molecular flexibility index (Phi) is 4.22. The smallest absolute Gasteiger partial charge is 0.145 e. The lowest BCUT2D eigenvalue weighted by Gasteiger charge is -2.13. The molecule has 0 spiro atoms. The third kappa shape index (κ3) is 2.83. The zero-order valence-electron chi connectivity index (χ0n) is 17.0. The van der Waals surface area contributed by atoms with E-state index in [0.717, 1.165) is 32.6 Å². The van der Waals surface area contributed by atoms with Gasteiger partial charge in [0.2, 0.25) is 0 Å². The van der Waals surface area contributed by atoms with E-state index in [9.17, 15) is 0 Å². The minimum absolute atomic E-state index is 0.950. The van der Waals surface area contributed by atoms with Crippen molar-refractivity contribution in [2.24, 2.45) is 0 Å². The number of benzene rings is 5. The van der Waals surface area contributed by atoms with Crippen LogP contribution in [-0.4, -0.2) is 17.4 Å². The summed E-state index contributed by atoms with van der Waals surface area (Å²) in [4.78, 5) is 5.19. The number of fused-ring (bicyclic) bond motifs is 3. The molecule has 0 saturated carbocycles. The maximum atomic E-state index is 5.19. The second-order valence-electron chi connectivity index (χ2n) is 7.85. The quantitative estimate of drug-likeness (QED) is 0.289. The minimum atomic E-state index is 0.950. The third-order valence-corrected chi connectivity index (χ3v) is 6.83. The second kappa shape index (κ2) is 7.10. The standard InChI is InChI=1S/C27H18BBrN2/c28-23-21-12-6-7-13-22(21)24(29)25-26(23)31(20-10-2-1-3-11-20)27(30-25)19-15-14-17-8-4-5-9-18(17)16-19/h1-16H,28H2. The summed E-state index contributed by atoms with van der Waals surface area (Å²) in [5.74, 6) is 0.950. The average Bonchev–Trinajstić information content (AvgIpc) is 3.24. The summed E-state index contributed by atoms with van der Waals surface area (Å²) in [6.07, 6.45) is 0. The molecule has 6 rings (SSSR count). The summed E-state index contributed by atoms with van der Waals surface area (Å²) >= 11 is 3.87. The van der Waals surface area contributed by atoms with Crippen molar-refractivity contribution in [3.8, 4) is 17.1 Å². The first kappa shape index (κ1) is 18.4. The van der Waals surface area contributed by atoms with Crippen molar-refractivity contribution in [1.82, 2.24) is 9.55 Å². The molecule has 4 heteroatoms. The van der Waals surface area contributed by atoms with Gasteiger partial charge in [-0.15, -0.1) is 0 Å². The molecule has 1 heterocycles. The van der Waals surface area contributed by atoms with Gasteiger partial charge >= 0.3 is 0 Å². The normalized spacial score (nSPS) is 11.5. The number of aromatic nitrogens is 2. The highest BCUT2D eigenvalue weighted by atomic mass is 79.9. The molecular weight excluding hydrogens is 443 g/mol. The van der Waals surface area contributed by atoms with E-state index in [2.05, 4.69) is 125 Å². The fourth-order valence-corrected chi connectivity index (χ4v) is 5.15. The molecule has 0 amide bonds. The predicted molar refractivity (Wildman–Crippen MR) is 137 cm³/mol. The fourth-order valence-electron chi connectivity index (χ4n) is 4.53.